The van der Waals surface area contributed by atoms with Crippen LogP contribution in [0.3, 0.4) is 0 Å². The molecule has 0 unspecified atom stereocenters. The Balaban J connectivity index is 1.31. The van der Waals surface area contributed by atoms with Crippen molar-refractivity contribution in [2.24, 2.45) is 0 Å². The molecule has 8 nitrogen and oxygen atoms in total. The summed E-state index contributed by atoms with van der Waals surface area (Å²) in [5.41, 5.74) is 2.78. The molecule has 0 radical (unpaired) electrons. The maximum absolute atomic E-state index is 12.8. The lowest BCUT2D eigenvalue weighted by Gasteiger charge is -2.10. The van der Waals surface area contributed by atoms with E-state index in [4.69, 9.17) is 4.52 Å². The van der Waals surface area contributed by atoms with Gasteiger partial charge in [-0.3, -0.25) is 9.69 Å². The van der Waals surface area contributed by atoms with Gasteiger partial charge in [0, 0.05) is 29.1 Å². The predicted molar refractivity (Wildman–Crippen MR) is 105 cm³/mol. The molecule has 0 spiro atoms. The molecule has 144 valence electrons. The lowest BCUT2D eigenvalue weighted by atomic mass is 10.1. The first-order chi connectivity index (χ1) is 14.2. The smallest absolute Gasteiger partial charge is 0.325 e. The van der Waals surface area contributed by atoms with Gasteiger partial charge in [0.1, 0.15) is 12.6 Å². The number of imide groups is 1. The monoisotopic (exact) mass is 387 g/mol. The van der Waals surface area contributed by atoms with E-state index in [1.54, 1.807) is 0 Å². The molecule has 1 fully saturated rings. The Morgan fingerprint density at radius 3 is 2.69 bits per heavy atom. The summed E-state index contributed by atoms with van der Waals surface area (Å²) >= 11 is 0. The Bertz CT molecular complexity index is 1200. The van der Waals surface area contributed by atoms with E-state index in [2.05, 4.69) is 20.4 Å². The molecule has 2 aromatic heterocycles. The fourth-order valence-electron chi connectivity index (χ4n) is 3.54. The first kappa shape index (κ1) is 17.2. The van der Waals surface area contributed by atoms with Crippen LogP contribution in [-0.2, 0) is 17.8 Å². The standard InChI is InChI=1S/C21H17N5O3/c27-20-17(10-14-11-22-16-9-5-4-8-15(14)16)23-21(28)26(20)12-18-24-19(25-29-18)13-6-2-1-3-7-13/h1-9,11,17,22H,10,12H2,(H,23,28)/t17-/m1/s1. The van der Waals surface area contributed by atoms with Crippen LogP contribution >= 0.6 is 0 Å². The molecule has 29 heavy (non-hydrogen) atoms. The van der Waals surface area contributed by atoms with Crippen LogP contribution in [0.1, 0.15) is 11.5 Å². The molecular weight excluding hydrogens is 370 g/mol. The van der Waals surface area contributed by atoms with Crippen molar-refractivity contribution in [3.63, 3.8) is 0 Å². The van der Waals surface area contributed by atoms with E-state index < -0.39 is 12.1 Å². The van der Waals surface area contributed by atoms with Gasteiger partial charge in [-0.2, -0.15) is 4.98 Å². The lowest BCUT2D eigenvalue weighted by molar-refractivity contribution is -0.128. The highest BCUT2D eigenvalue weighted by molar-refractivity contribution is 6.04. The summed E-state index contributed by atoms with van der Waals surface area (Å²) in [6.07, 6.45) is 2.28. The second-order valence-electron chi connectivity index (χ2n) is 6.87. The van der Waals surface area contributed by atoms with E-state index in [1.165, 1.54) is 0 Å². The highest BCUT2D eigenvalue weighted by Gasteiger charge is 2.39. The summed E-state index contributed by atoms with van der Waals surface area (Å²) in [7, 11) is 0. The number of nitrogens with one attached hydrogen (secondary N) is 2. The van der Waals surface area contributed by atoms with E-state index >= 15 is 0 Å². The summed E-state index contributed by atoms with van der Waals surface area (Å²) in [6, 6.07) is 16.1. The zero-order chi connectivity index (χ0) is 19.8. The molecule has 1 aliphatic rings. The van der Waals surface area contributed by atoms with Gasteiger partial charge in [-0.15, -0.1) is 0 Å². The van der Waals surface area contributed by atoms with Crippen LogP contribution in [0.2, 0.25) is 0 Å². The number of benzene rings is 2. The van der Waals surface area contributed by atoms with E-state index in [1.807, 2.05) is 60.8 Å². The van der Waals surface area contributed by atoms with Crippen LogP contribution < -0.4 is 5.32 Å². The second kappa shape index (κ2) is 6.90. The van der Waals surface area contributed by atoms with Gasteiger partial charge in [-0.25, -0.2) is 4.79 Å². The largest absolute Gasteiger partial charge is 0.361 e. The molecular formula is C21H17N5O3. The predicted octanol–water partition coefficient (Wildman–Crippen LogP) is 2.88. The fraction of sp³-hybridized carbons (Fsp3) is 0.143. The lowest BCUT2D eigenvalue weighted by Crippen LogP contribution is -2.32. The van der Waals surface area contributed by atoms with Gasteiger partial charge in [0.25, 0.3) is 5.91 Å². The number of carbonyl (C=O) groups excluding carboxylic acids is 2. The number of hydrogen-bond donors (Lipinski definition) is 2. The molecule has 5 rings (SSSR count). The fourth-order valence-corrected chi connectivity index (χ4v) is 3.54. The molecule has 0 bridgehead atoms. The minimum Gasteiger partial charge on any atom is -0.361 e. The molecule has 8 heteroatoms. The number of para-hydroxylation sites is 1. The number of urea groups is 1. The van der Waals surface area contributed by atoms with Crippen molar-refractivity contribution in [1.82, 2.24) is 25.3 Å². The molecule has 0 saturated carbocycles. The number of amides is 3. The second-order valence-corrected chi connectivity index (χ2v) is 6.87. The summed E-state index contributed by atoms with van der Waals surface area (Å²) in [5, 5.41) is 7.72. The molecule has 3 heterocycles. The van der Waals surface area contributed by atoms with Crippen LogP contribution in [0.25, 0.3) is 22.3 Å². The maximum atomic E-state index is 12.8. The van der Waals surface area contributed by atoms with Crippen molar-refractivity contribution in [3.8, 4) is 11.4 Å². The van der Waals surface area contributed by atoms with Gasteiger partial charge in [0.2, 0.25) is 11.7 Å². The molecule has 1 atom stereocenters. The van der Waals surface area contributed by atoms with Crippen LogP contribution in [-0.4, -0.2) is 38.0 Å². The number of fused-ring (bicyclic) bond motifs is 1. The first-order valence-electron chi connectivity index (χ1n) is 9.24. The van der Waals surface area contributed by atoms with Gasteiger partial charge >= 0.3 is 6.03 Å². The van der Waals surface area contributed by atoms with Gasteiger partial charge < -0.3 is 14.8 Å². The summed E-state index contributed by atoms with van der Waals surface area (Å²) in [4.78, 5) is 33.8. The summed E-state index contributed by atoms with van der Waals surface area (Å²) in [6.45, 7) is -0.0606. The van der Waals surface area contributed by atoms with Gasteiger partial charge in [-0.1, -0.05) is 53.7 Å². The Morgan fingerprint density at radius 2 is 1.83 bits per heavy atom. The Kier molecular flexibility index (Phi) is 4.09. The number of nitrogens with zero attached hydrogens (tertiary/aromatic N) is 3. The van der Waals surface area contributed by atoms with Crippen molar-refractivity contribution < 1.29 is 14.1 Å². The third kappa shape index (κ3) is 3.14. The zero-order valence-corrected chi connectivity index (χ0v) is 15.3. The Morgan fingerprint density at radius 1 is 1.03 bits per heavy atom. The van der Waals surface area contributed by atoms with Crippen molar-refractivity contribution in [1.29, 1.82) is 0 Å². The quantitative estimate of drug-likeness (QED) is 0.513. The number of rotatable bonds is 5. The molecule has 1 aliphatic heterocycles. The van der Waals surface area contributed by atoms with E-state index in [0.29, 0.717) is 12.2 Å². The van der Waals surface area contributed by atoms with Crippen LogP contribution in [0, 0.1) is 0 Å². The highest BCUT2D eigenvalue weighted by atomic mass is 16.5. The molecule has 1 saturated heterocycles. The zero-order valence-electron chi connectivity index (χ0n) is 15.3. The molecule has 2 aromatic carbocycles. The van der Waals surface area contributed by atoms with Crippen LogP contribution in [0.5, 0.6) is 0 Å². The summed E-state index contributed by atoms with van der Waals surface area (Å²) < 4.78 is 5.24. The topological polar surface area (TPSA) is 104 Å². The molecule has 2 N–H and O–H groups in total. The van der Waals surface area contributed by atoms with Crippen molar-refractivity contribution in [3.05, 3.63) is 72.2 Å². The van der Waals surface area contributed by atoms with Crippen LogP contribution in [0.4, 0.5) is 4.79 Å². The van der Waals surface area contributed by atoms with Crippen molar-refractivity contribution in [2.75, 3.05) is 0 Å². The van der Waals surface area contributed by atoms with Gasteiger partial charge in [0.15, 0.2) is 0 Å². The average molecular weight is 387 g/mol. The van der Waals surface area contributed by atoms with Gasteiger partial charge in [0.05, 0.1) is 0 Å². The highest BCUT2D eigenvalue weighted by Crippen LogP contribution is 2.22. The third-order valence-electron chi connectivity index (χ3n) is 5.00. The van der Waals surface area contributed by atoms with E-state index in [9.17, 15) is 9.59 Å². The first-order valence-corrected chi connectivity index (χ1v) is 9.24. The average Bonchev–Trinajstić information content (AvgIpc) is 3.45. The molecule has 0 aliphatic carbocycles. The number of aromatic nitrogens is 3. The Hall–Kier alpha value is -3.94. The van der Waals surface area contributed by atoms with E-state index in [0.717, 1.165) is 26.9 Å². The van der Waals surface area contributed by atoms with Gasteiger partial charge in [-0.05, 0) is 11.6 Å². The number of carbonyl (C=O) groups is 2. The Labute approximate surface area is 165 Å². The van der Waals surface area contributed by atoms with Crippen molar-refractivity contribution in [2.45, 2.75) is 19.0 Å². The number of H-pyrrole nitrogens is 1. The number of hydrogen-bond acceptors (Lipinski definition) is 5. The maximum Gasteiger partial charge on any atom is 0.325 e. The van der Waals surface area contributed by atoms with E-state index in [-0.39, 0.29) is 18.3 Å². The SMILES string of the molecule is O=C1N[C@H](Cc2c[nH]c3ccccc23)C(=O)N1Cc1nc(-c2ccccc2)no1. The normalized spacial score (nSPS) is 16.6. The molecule has 3 amide bonds. The van der Waals surface area contributed by atoms with Crippen molar-refractivity contribution >= 4 is 22.8 Å². The minimum absolute atomic E-state index is 0.0606. The summed E-state index contributed by atoms with van der Waals surface area (Å²) in [5.74, 6) is 0.322. The third-order valence-corrected chi connectivity index (χ3v) is 5.00. The number of aromatic amines is 1. The molecule has 4 aromatic rings. The minimum atomic E-state index is -0.627. The van der Waals surface area contributed by atoms with Crippen LogP contribution in [0.15, 0.2) is 65.3 Å².